The summed E-state index contributed by atoms with van der Waals surface area (Å²) in [7, 11) is -1.76. The summed E-state index contributed by atoms with van der Waals surface area (Å²) in [4.78, 5) is 0. The van der Waals surface area contributed by atoms with E-state index < -0.39 is 8.87 Å². The Morgan fingerprint density at radius 2 is 1.42 bits per heavy atom. The molecule has 0 N–H and O–H groups in total. The summed E-state index contributed by atoms with van der Waals surface area (Å²) in [6.45, 7) is 6.32. The summed E-state index contributed by atoms with van der Waals surface area (Å²) in [5.74, 6) is 0.707. The van der Waals surface area contributed by atoms with Crippen molar-refractivity contribution in [1.29, 1.82) is 0 Å². The standard InChI is InChI=1S/C4H10O2S2.C4H10/c1-3-4-7-8(2,5)6;1-3-4-2/h3-4H2,1-2H3;3-4H2,1-2H3. The van der Waals surface area contributed by atoms with Crippen molar-refractivity contribution in [1.82, 2.24) is 0 Å². The van der Waals surface area contributed by atoms with Crippen molar-refractivity contribution < 1.29 is 8.42 Å². The number of hydrogen-bond donors (Lipinski definition) is 0. The van der Waals surface area contributed by atoms with Gasteiger partial charge in [-0.15, -0.1) is 0 Å². The molecule has 0 radical (unpaired) electrons. The Bertz CT molecular complexity index is 160. The van der Waals surface area contributed by atoms with E-state index in [0.29, 0.717) is 5.75 Å². The van der Waals surface area contributed by atoms with E-state index >= 15 is 0 Å². The maximum Gasteiger partial charge on any atom is 0.198 e. The zero-order valence-electron chi connectivity index (χ0n) is 8.46. The Hall–Kier alpha value is 0.300. The first-order valence-electron chi connectivity index (χ1n) is 4.32. The minimum absolute atomic E-state index is 0.707. The van der Waals surface area contributed by atoms with Crippen LogP contribution in [0.4, 0.5) is 0 Å². The van der Waals surface area contributed by atoms with Crippen molar-refractivity contribution in [2.45, 2.75) is 40.0 Å². The lowest BCUT2D eigenvalue weighted by Gasteiger charge is -1.90. The van der Waals surface area contributed by atoms with Crippen LogP contribution in [0.2, 0.25) is 0 Å². The lowest BCUT2D eigenvalue weighted by molar-refractivity contribution is 0.615. The van der Waals surface area contributed by atoms with Crippen LogP contribution in [0.5, 0.6) is 0 Å². The number of rotatable bonds is 4. The number of hydrogen-bond acceptors (Lipinski definition) is 3. The van der Waals surface area contributed by atoms with Gasteiger partial charge in [0.2, 0.25) is 0 Å². The second-order valence-corrected chi connectivity index (χ2v) is 7.10. The lowest BCUT2D eigenvalue weighted by Crippen LogP contribution is -1.88. The molecule has 12 heavy (non-hydrogen) atoms. The monoisotopic (exact) mass is 212 g/mol. The fourth-order valence-electron chi connectivity index (χ4n) is 0.235. The highest BCUT2D eigenvalue weighted by atomic mass is 33.1. The third-order valence-electron chi connectivity index (χ3n) is 1.00. The zero-order valence-corrected chi connectivity index (χ0v) is 10.1. The first kappa shape index (κ1) is 14.8. The molecular weight excluding hydrogens is 192 g/mol. The normalized spacial score (nSPS) is 10.3. The molecule has 2 nitrogen and oxygen atoms in total. The van der Waals surface area contributed by atoms with Crippen LogP contribution in [-0.2, 0) is 8.87 Å². The van der Waals surface area contributed by atoms with Gasteiger partial charge in [0.25, 0.3) is 0 Å². The van der Waals surface area contributed by atoms with Crippen LogP contribution in [0.25, 0.3) is 0 Å². The van der Waals surface area contributed by atoms with Crippen LogP contribution in [0.1, 0.15) is 40.0 Å². The van der Waals surface area contributed by atoms with Gasteiger partial charge in [0.15, 0.2) is 8.87 Å². The third kappa shape index (κ3) is 22.4. The second kappa shape index (κ2) is 9.39. The molecule has 76 valence electrons. The molecule has 0 rings (SSSR count). The van der Waals surface area contributed by atoms with Crippen LogP contribution >= 0.6 is 10.8 Å². The van der Waals surface area contributed by atoms with E-state index in [2.05, 4.69) is 13.8 Å². The molecule has 0 aromatic carbocycles. The first-order valence-corrected chi connectivity index (χ1v) is 7.71. The quantitative estimate of drug-likeness (QED) is 0.672. The highest BCUT2D eigenvalue weighted by molar-refractivity contribution is 8.71. The number of unbranched alkanes of at least 4 members (excludes halogenated alkanes) is 1. The summed E-state index contributed by atoms with van der Waals surface area (Å²) in [6, 6.07) is 0. The maximum atomic E-state index is 10.4. The highest BCUT2D eigenvalue weighted by Gasteiger charge is 1.98. The van der Waals surface area contributed by atoms with Gasteiger partial charge >= 0.3 is 0 Å². The largest absolute Gasteiger partial charge is 0.218 e. The predicted octanol–water partition coefficient (Wildman–Crippen LogP) is 2.90. The van der Waals surface area contributed by atoms with E-state index in [4.69, 9.17) is 0 Å². The smallest absolute Gasteiger partial charge is 0.198 e. The van der Waals surface area contributed by atoms with Crippen molar-refractivity contribution in [3.63, 3.8) is 0 Å². The Labute approximate surface area is 80.4 Å². The maximum absolute atomic E-state index is 10.4. The van der Waals surface area contributed by atoms with Crippen LogP contribution in [-0.4, -0.2) is 20.4 Å². The lowest BCUT2D eigenvalue weighted by atomic mass is 10.4. The molecule has 0 atom stereocenters. The zero-order chi connectivity index (χ0) is 10.0. The Balaban J connectivity index is 0. The first-order chi connectivity index (χ1) is 5.47. The molecule has 0 saturated heterocycles. The Kier molecular flexibility index (Phi) is 11.6. The van der Waals surface area contributed by atoms with Crippen molar-refractivity contribution >= 4 is 19.7 Å². The Morgan fingerprint density at radius 3 is 1.50 bits per heavy atom. The molecule has 0 aromatic heterocycles. The predicted molar refractivity (Wildman–Crippen MR) is 58.2 cm³/mol. The van der Waals surface area contributed by atoms with Crippen molar-refractivity contribution in [2.24, 2.45) is 0 Å². The molecule has 0 aromatic rings. The van der Waals surface area contributed by atoms with Gasteiger partial charge in [0.1, 0.15) is 0 Å². The van der Waals surface area contributed by atoms with E-state index in [1.807, 2.05) is 6.92 Å². The average Bonchev–Trinajstić information content (AvgIpc) is 2.00. The molecule has 4 heteroatoms. The summed E-state index contributed by atoms with van der Waals surface area (Å²) >= 11 is 0. The van der Waals surface area contributed by atoms with Gasteiger partial charge in [-0.25, -0.2) is 8.42 Å². The third-order valence-corrected chi connectivity index (χ3v) is 3.79. The SMILES string of the molecule is CCCC.CCCSS(C)(=O)=O. The molecule has 0 amide bonds. The van der Waals surface area contributed by atoms with Crippen molar-refractivity contribution in [2.75, 3.05) is 12.0 Å². The summed E-state index contributed by atoms with van der Waals surface area (Å²) in [6.07, 6.45) is 4.78. The van der Waals surface area contributed by atoms with E-state index in [1.165, 1.54) is 19.1 Å². The summed E-state index contributed by atoms with van der Waals surface area (Å²) < 4.78 is 20.7. The Morgan fingerprint density at radius 1 is 1.00 bits per heavy atom. The summed E-state index contributed by atoms with van der Waals surface area (Å²) in [5.41, 5.74) is 0. The fourth-order valence-corrected chi connectivity index (χ4v) is 2.11. The fraction of sp³-hybridized carbons (Fsp3) is 1.00. The molecule has 0 fully saturated rings. The molecule has 0 aliphatic rings. The van der Waals surface area contributed by atoms with Crippen LogP contribution < -0.4 is 0 Å². The van der Waals surface area contributed by atoms with Gasteiger partial charge in [0.05, 0.1) is 0 Å². The van der Waals surface area contributed by atoms with Gasteiger partial charge in [-0.05, 0) is 17.2 Å². The van der Waals surface area contributed by atoms with Gasteiger partial charge in [-0.1, -0.05) is 33.6 Å². The van der Waals surface area contributed by atoms with E-state index in [1.54, 1.807) is 0 Å². The second-order valence-electron chi connectivity index (χ2n) is 2.53. The minimum atomic E-state index is -2.77. The molecule has 0 unspecified atom stereocenters. The molecular formula is C8H20O2S2. The molecule has 0 aliphatic carbocycles. The average molecular weight is 212 g/mol. The summed E-state index contributed by atoms with van der Waals surface area (Å²) in [5, 5.41) is 0. The molecule has 0 aliphatic heterocycles. The van der Waals surface area contributed by atoms with Crippen molar-refractivity contribution in [3.05, 3.63) is 0 Å². The topological polar surface area (TPSA) is 34.1 Å². The van der Waals surface area contributed by atoms with E-state index in [-0.39, 0.29) is 0 Å². The molecule has 0 saturated carbocycles. The van der Waals surface area contributed by atoms with Gasteiger partial charge in [-0.3, -0.25) is 0 Å². The molecule has 0 heterocycles. The van der Waals surface area contributed by atoms with E-state index in [0.717, 1.165) is 17.2 Å². The van der Waals surface area contributed by atoms with Crippen molar-refractivity contribution in [3.8, 4) is 0 Å². The van der Waals surface area contributed by atoms with Crippen LogP contribution in [0.15, 0.2) is 0 Å². The molecule has 0 bridgehead atoms. The van der Waals surface area contributed by atoms with Gasteiger partial charge < -0.3 is 0 Å². The van der Waals surface area contributed by atoms with Gasteiger partial charge in [0, 0.05) is 12.0 Å². The van der Waals surface area contributed by atoms with E-state index in [9.17, 15) is 8.42 Å². The molecule has 0 spiro atoms. The highest BCUT2D eigenvalue weighted by Crippen LogP contribution is 2.09. The van der Waals surface area contributed by atoms with Crippen LogP contribution in [0, 0.1) is 0 Å². The minimum Gasteiger partial charge on any atom is -0.218 e. The van der Waals surface area contributed by atoms with Crippen LogP contribution in [0.3, 0.4) is 0 Å². The van der Waals surface area contributed by atoms with Gasteiger partial charge in [-0.2, -0.15) is 0 Å².